The molecule has 0 bridgehead atoms. The third kappa shape index (κ3) is 7.11. The van der Waals surface area contributed by atoms with E-state index in [1.807, 2.05) is 32.0 Å². The topological polar surface area (TPSA) is 45.2 Å². The van der Waals surface area contributed by atoms with E-state index in [0.717, 1.165) is 60.4 Å². The fraction of sp³-hybridized carbons (Fsp3) is 0.571. The van der Waals surface area contributed by atoms with E-state index in [1.165, 1.54) is 37.9 Å². The molecular weight excluding hydrogens is 448 g/mol. The van der Waals surface area contributed by atoms with Gasteiger partial charge in [-0.2, -0.15) is 0 Å². The van der Waals surface area contributed by atoms with Crippen molar-refractivity contribution >= 4 is 11.6 Å². The van der Waals surface area contributed by atoms with Crippen molar-refractivity contribution in [3.8, 4) is 11.5 Å². The van der Waals surface area contributed by atoms with Crippen molar-refractivity contribution in [1.29, 1.82) is 0 Å². The Bertz CT molecular complexity index is 914. The molecule has 2 aromatic rings. The predicted molar refractivity (Wildman–Crippen MR) is 138 cm³/mol. The van der Waals surface area contributed by atoms with Crippen LogP contribution in [0.25, 0.3) is 0 Å². The molecule has 0 spiro atoms. The van der Waals surface area contributed by atoms with Crippen LogP contribution < -0.4 is 9.47 Å². The highest BCUT2D eigenvalue weighted by Crippen LogP contribution is 2.29. The zero-order valence-corrected chi connectivity index (χ0v) is 21.4. The lowest BCUT2D eigenvalue weighted by Crippen LogP contribution is -2.47. The van der Waals surface area contributed by atoms with E-state index in [0.29, 0.717) is 19.4 Å². The Morgan fingerprint density at radius 3 is 2.29 bits per heavy atom. The smallest absolute Gasteiger partial charge is 0.120 e. The molecule has 0 saturated carbocycles. The maximum atomic E-state index is 11.1. The van der Waals surface area contributed by atoms with Crippen LogP contribution in [0.5, 0.6) is 11.5 Å². The molecular formula is C28H39ClN2O3. The van der Waals surface area contributed by atoms with Crippen LogP contribution in [0.3, 0.4) is 0 Å². The van der Waals surface area contributed by atoms with Crippen molar-refractivity contribution < 1.29 is 14.6 Å². The number of rotatable bonds is 9. The van der Waals surface area contributed by atoms with Crippen LogP contribution in [-0.2, 0) is 6.54 Å². The highest BCUT2D eigenvalue weighted by Gasteiger charge is 2.33. The molecule has 2 fully saturated rings. The summed E-state index contributed by atoms with van der Waals surface area (Å²) in [7, 11) is 0. The average molecular weight is 487 g/mol. The quantitative estimate of drug-likeness (QED) is 0.526. The molecule has 0 amide bonds. The molecule has 0 unspecified atom stereocenters. The number of benzene rings is 2. The molecule has 0 aliphatic carbocycles. The number of aliphatic hydroxyl groups is 1. The van der Waals surface area contributed by atoms with Gasteiger partial charge in [0.25, 0.3) is 0 Å². The van der Waals surface area contributed by atoms with Gasteiger partial charge in [0.1, 0.15) is 30.3 Å². The monoisotopic (exact) mass is 486 g/mol. The molecule has 186 valence electrons. The van der Waals surface area contributed by atoms with Crippen LogP contribution >= 0.6 is 11.6 Å². The predicted octanol–water partition coefficient (Wildman–Crippen LogP) is 5.23. The van der Waals surface area contributed by atoms with Gasteiger partial charge in [-0.25, -0.2) is 0 Å². The van der Waals surface area contributed by atoms with Gasteiger partial charge in [-0.05, 0) is 93.6 Å². The summed E-state index contributed by atoms with van der Waals surface area (Å²) >= 11 is 6.26. The van der Waals surface area contributed by atoms with Gasteiger partial charge in [0.05, 0.1) is 0 Å². The lowest BCUT2D eigenvalue weighted by atomic mass is 9.92. The van der Waals surface area contributed by atoms with Crippen LogP contribution in [0.15, 0.2) is 36.4 Å². The molecule has 2 aliphatic heterocycles. The molecule has 2 aliphatic rings. The van der Waals surface area contributed by atoms with E-state index >= 15 is 0 Å². The fourth-order valence-electron chi connectivity index (χ4n) is 4.95. The summed E-state index contributed by atoms with van der Waals surface area (Å²) in [4.78, 5) is 4.90. The second-order valence-electron chi connectivity index (χ2n) is 10.1. The van der Waals surface area contributed by atoms with Crippen molar-refractivity contribution in [2.24, 2.45) is 0 Å². The first-order chi connectivity index (χ1) is 16.4. The summed E-state index contributed by atoms with van der Waals surface area (Å²) in [5.41, 5.74) is 2.45. The minimum absolute atomic E-state index is 0.307. The number of hydrogen-bond donors (Lipinski definition) is 1. The second kappa shape index (κ2) is 11.8. The van der Waals surface area contributed by atoms with Crippen molar-refractivity contribution in [2.45, 2.75) is 58.1 Å². The van der Waals surface area contributed by atoms with E-state index in [4.69, 9.17) is 21.1 Å². The molecule has 0 aromatic heterocycles. The molecule has 2 aromatic carbocycles. The molecule has 2 heterocycles. The number of likely N-dealkylation sites (tertiary alicyclic amines) is 2. The summed E-state index contributed by atoms with van der Waals surface area (Å²) in [5.74, 6) is 1.72. The van der Waals surface area contributed by atoms with Crippen LogP contribution in [0.1, 0.15) is 48.8 Å². The number of halogens is 1. The van der Waals surface area contributed by atoms with E-state index in [9.17, 15) is 5.11 Å². The Hall–Kier alpha value is -1.79. The molecule has 0 radical (unpaired) electrons. The maximum absolute atomic E-state index is 11.1. The first-order valence-corrected chi connectivity index (χ1v) is 13.1. The summed E-state index contributed by atoms with van der Waals surface area (Å²) in [6.07, 6.45) is 5.39. The lowest BCUT2D eigenvalue weighted by Gasteiger charge is -2.38. The first-order valence-electron chi connectivity index (χ1n) is 12.7. The third-order valence-electron chi connectivity index (χ3n) is 7.13. The van der Waals surface area contributed by atoms with Crippen molar-refractivity contribution in [3.63, 3.8) is 0 Å². The fourth-order valence-corrected chi connectivity index (χ4v) is 5.06. The summed E-state index contributed by atoms with van der Waals surface area (Å²) in [6.45, 7) is 11.0. The highest BCUT2D eigenvalue weighted by atomic mass is 35.5. The largest absolute Gasteiger partial charge is 0.492 e. The number of ether oxygens (including phenoxy) is 2. The highest BCUT2D eigenvalue weighted by molar-refractivity contribution is 6.32. The average Bonchev–Trinajstić information content (AvgIpc) is 2.84. The second-order valence-corrected chi connectivity index (χ2v) is 10.4. The molecule has 0 atom stereocenters. The van der Waals surface area contributed by atoms with Gasteiger partial charge >= 0.3 is 0 Å². The van der Waals surface area contributed by atoms with Crippen molar-refractivity contribution in [2.75, 3.05) is 45.9 Å². The van der Waals surface area contributed by atoms with E-state index in [2.05, 4.69) is 28.0 Å². The number of hydrogen-bond acceptors (Lipinski definition) is 5. The molecule has 5 nitrogen and oxygen atoms in total. The minimum Gasteiger partial charge on any atom is -0.492 e. The zero-order valence-electron chi connectivity index (χ0n) is 20.7. The zero-order chi connectivity index (χ0) is 24.0. The minimum atomic E-state index is -0.794. The number of nitrogens with zero attached hydrogens (tertiary/aromatic N) is 2. The van der Waals surface area contributed by atoms with Gasteiger partial charge in [0, 0.05) is 31.2 Å². The SMILES string of the molecule is Cc1cc(OCC2(O)CCN(Cc3cccc(OCCN4CCCCC4)c3)CC2)cc(C)c1Cl. The Labute approximate surface area is 209 Å². The molecule has 2 saturated heterocycles. The normalized spacial score (nSPS) is 19.2. The maximum Gasteiger partial charge on any atom is 0.120 e. The van der Waals surface area contributed by atoms with Crippen molar-refractivity contribution in [3.05, 3.63) is 58.1 Å². The van der Waals surface area contributed by atoms with Crippen LogP contribution in [0.4, 0.5) is 0 Å². The van der Waals surface area contributed by atoms with Gasteiger partial charge in [-0.15, -0.1) is 0 Å². The third-order valence-corrected chi connectivity index (χ3v) is 7.73. The van der Waals surface area contributed by atoms with E-state index in [-0.39, 0.29) is 0 Å². The van der Waals surface area contributed by atoms with Gasteiger partial charge < -0.3 is 14.6 Å². The van der Waals surface area contributed by atoms with Gasteiger partial charge in [-0.1, -0.05) is 30.2 Å². The van der Waals surface area contributed by atoms with Crippen LogP contribution in [-0.4, -0.2) is 66.4 Å². The first kappa shape index (κ1) is 25.3. The number of piperidine rings is 2. The Morgan fingerprint density at radius 1 is 0.882 bits per heavy atom. The van der Waals surface area contributed by atoms with Gasteiger partial charge in [-0.3, -0.25) is 9.80 Å². The van der Waals surface area contributed by atoms with Gasteiger partial charge in [0.2, 0.25) is 0 Å². The summed E-state index contributed by atoms with van der Waals surface area (Å²) in [5, 5.41) is 11.8. The number of aryl methyl sites for hydroxylation is 2. The molecule has 4 rings (SSSR count). The Balaban J connectivity index is 1.21. The van der Waals surface area contributed by atoms with Crippen LogP contribution in [0, 0.1) is 13.8 Å². The van der Waals surface area contributed by atoms with Crippen LogP contribution in [0.2, 0.25) is 5.02 Å². The van der Waals surface area contributed by atoms with E-state index < -0.39 is 5.60 Å². The Kier molecular flexibility index (Phi) is 8.75. The van der Waals surface area contributed by atoms with Gasteiger partial charge in [0.15, 0.2) is 0 Å². The Morgan fingerprint density at radius 2 is 1.59 bits per heavy atom. The van der Waals surface area contributed by atoms with Crippen molar-refractivity contribution in [1.82, 2.24) is 9.80 Å². The molecule has 1 N–H and O–H groups in total. The standard InChI is InChI=1S/C28H39ClN2O3/c1-22-17-26(18-23(2)27(22)29)34-21-28(32)9-13-31(14-10-28)20-24-7-6-8-25(19-24)33-16-15-30-11-4-3-5-12-30/h6-8,17-19,32H,3-5,9-16,20-21H2,1-2H3. The molecule has 34 heavy (non-hydrogen) atoms. The summed E-state index contributed by atoms with van der Waals surface area (Å²) < 4.78 is 12.0. The van der Waals surface area contributed by atoms with E-state index in [1.54, 1.807) is 0 Å². The lowest BCUT2D eigenvalue weighted by molar-refractivity contribution is -0.0537. The summed E-state index contributed by atoms with van der Waals surface area (Å²) in [6, 6.07) is 12.3. The molecule has 6 heteroatoms.